The highest BCUT2D eigenvalue weighted by Crippen LogP contribution is 2.30. The van der Waals surface area contributed by atoms with Crippen LogP contribution in [0.15, 0.2) is 45.9 Å². The molecule has 0 spiro atoms. The third-order valence-electron chi connectivity index (χ3n) is 2.17. The van der Waals surface area contributed by atoms with Crippen molar-refractivity contribution in [2.45, 2.75) is 4.90 Å². The molecule has 0 fully saturated rings. The van der Waals surface area contributed by atoms with E-state index in [1.807, 2.05) is 0 Å². The normalized spacial score (nSPS) is 11.3. The zero-order chi connectivity index (χ0) is 14.0. The smallest absolute Gasteiger partial charge is 0.263 e. The van der Waals surface area contributed by atoms with Gasteiger partial charge in [0, 0.05) is 10.7 Å². The van der Waals surface area contributed by atoms with Crippen LogP contribution >= 0.6 is 39.1 Å². The fourth-order valence-electron chi connectivity index (χ4n) is 1.34. The molecule has 0 saturated heterocycles. The number of nitrogens with zero attached hydrogens (tertiary/aromatic N) is 1. The maximum Gasteiger partial charge on any atom is 0.264 e. The zero-order valence-electron chi connectivity index (χ0n) is 9.27. The first-order valence-electron chi connectivity index (χ1n) is 4.98. The molecular formula is C11H7BrCl2N2O2S. The minimum absolute atomic E-state index is 0.0216. The molecule has 0 amide bonds. The standard InChI is InChI=1S/C11H7BrCl2N2O2S/c12-7-4-5-15-10(6-7)16-19(17,18)9-3-1-2-8(13)11(9)14/h1-6H,(H,15,16). The number of benzene rings is 1. The van der Waals surface area contributed by atoms with Gasteiger partial charge in [0.1, 0.15) is 10.7 Å². The molecule has 0 radical (unpaired) electrons. The predicted octanol–water partition coefficient (Wildman–Crippen LogP) is 3.95. The minimum Gasteiger partial charge on any atom is -0.263 e. The molecule has 19 heavy (non-hydrogen) atoms. The summed E-state index contributed by atoms with van der Waals surface area (Å²) in [5, 5.41) is 0.151. The van der Waals surface area contributed by atoms with Gasteiger partial charge in [-0.15, -0.1) is 0 Å². The molecule has 1 N–H and O–H groups in total. The van der Waals surface area contributed by atoms with E-state index >= 15 is 0 Å². The van der Waals surface area contributed by atoms with Crippen molar-refractivity contribution >= 4 is 55.0 Å². The van der Waals surface area contributed by atoms with Gasteiger partial charge in [-0.3, -0.25) is 4.72 Å². The van der Waals surface area contributed by atoms with E-state index < -0.39 is 10.0 Å². The van der Waals surface area contributed by atoms with Crippen LogP contribution < -0.4 is 4.72 Å². The van der Waals surface area contributed by atoms with E-state index in [4.69, 9.17) is 23.2 Å². The first kappa shape index (κ1) is 14.6. The second kappa shape index (κ2) is 5.66. The second-order valence-corrected chi connectivity index (χ2v) is 6.87. The van der Waals surface area contributed by atoms with Gasteiger partial charge in [-0.2, -0.15) is 0 Å². The fraction of sp³-hybridized carbons (Fsp3) is 0. The van der Waals surface area contributed by atoms with Crippen LogP contribution in [0.1, 0.15) is 0 Å². The van der Waals surface area contributed by atoms with E-state index in [1.54, 1.807) is 6.07 Å². The van der Waals surface area contributed by atoms with Crippen LogP contribution in [0, 0.1) is 0 Å². The second-order valence-electron chi connectivity index (χ2n) is 3.52. The summed E-state index contributed by atoms with van der Waals surface area (Å²) in [6.07, 6.45) is 1.47. The zero-order valence-corrected chi connectivity index (χ0v) is 13.2. The molecule has 1 heterocycles. The number of nitrogens with one attached hydrogen (secondary N) is 1. The topological polar surface area (TPSA) is 59.1 Å². The van der Waals surface area contributed by atoms with Gasteiger partial charge < -0.3 is 0 Å². The van der Waals surface area contributed by atoms with Crippen molar-refractivity contribution in [3.8, 4) is 0 Å². The Kier molecular flexibility index (Phi) is 4.35. The summed E-state index contributed by atoms with van der Waals surface area (Å²) < 4.78 is 27.4. The molecule has 100 valence electrons. The minimum atomic E-state index is -3.83. The number of hydrogen-bond acceptors (Lipinski definition) is 3. The van der Waals surface area contributed by atoms with Crippen LogP contribution in [0.2, 0.25) is 10.0 Å². The quantitative estimate of drug-likeness (QED) is 0.875. The molecule has 0 aliphatic carbocycles. The predicted molar refractivity (Wildman–Crippen MR) is 79.2 cm³/mol. The van der Waals surface area contributed by atoms with Crippen LogP contribution in [0.3, 0.4) is 0 Å². The third kappa shape index (κ3) is 3.39. The molecule has 4 nitrogen and oxygen atoms in total. The Bertz CT molecular complexity index is 722. The molecule has 2 aromatic rings. The molecular weight excluding hydrogens is 375 g/mol. The molecule has 0 saturated carbocycles. The number of aromatic nitrogens is 1. The highest BCUT2D eigenvalue weighted by molar-refractivity contribution is 9.10. The first-order valence-corrected chi connectivity index (χ1v) is 8.02. The van der Waals surface area contributed by atoms with E-state index in [2.05, 4.69) is 25.6 Å². The Morgan fingerprint density at radius 1 is 1.21 bits per heavy atom. The Morgan fingerprint density at radius 2 is 1.95 bits per heavy atom. The number of halogens is 3. The maximum atomic E-state index is 12.2. The Hall–Kier alpha value is -0.820. The van der Waals surface area contributed by atoms with Crippen LogP contribution in [-0.2, 0) is 10.0 Å². The summed E-state index contributed by atoms with van der Waals surface area (Å²) in [5.41, 5.74) is 0. The molecule has 0 aliphatic heterocycles. The van der Waals surface area contributed by atoms with Gasteiger partial charge in [-0.1, -0.05) is 45.2 Å². The van der Waals surface area contributed by atoms with Gasteiger partial charge in [-0.25, -0.2) is 13.4 Å². The Labute approximate surface area is 128 Å². The van der Waals surface area contributed by atoms with Crippen LogP contribution in [0.5, 0.6) is 0 Å². The van der Waals surface area contributed by atoms with Gasteiger partial charge >= 0.3 is 0 Å². The summed E-state index contributed by atoms with van der Waals surface area (Å²) in [7, 11) is -3.83. The average Bonchev–Trinajstić information content (AvgIpc) is 2.32. The molecule has 8 heteroatoms. The Balaban J connectivity index is 2.41. The van der Waals surface area contributed by atoms with Gasteiger partial charge in [-0.05, 0) is 24.3 Å². The lowest BCUT2D eigenvalue weighted by atomic mass is 10.4. The number of hydrogen-bond donors (Lipinski definition) is 1. The van der Waals surface area contributed by atoms with Crippen LogP contribution in [-0.4, -0.2) is 13.4 Å². The third-order valence-corrected chi connectivity index (χ3v) is 4.99. The molecule has 0 bridgehead atoms. The van der Waals surface area contributed by atoms with E-state index in [9.17, 15) is 8.42 Å². The largest absolute Gasteiger partial charge is 0.264 e. The molecule has 1 aromatic heterocycles. The lowest BCUT2D eigenvalue weighted by Crippen LogP contribution is -2.14. The van der Waals surface area contributed by atoms with Gasteiger partial charge in [0.2, 0.25) is 0 Å². The van der Waals surface area contributed by atoms with E-state index in [0.717, 1.165) is 0 Å². The average molecular weight is 382 g/mol. The summed E-state index contributed by atoms with van der Waals surface area (Å²) in [4.78, 5) is 3.81. The lowest BCUT2D eigenvalue weighted by molar-refractivity contribution is 0.601. The van der Waals surface area contributed by atoms with Crippen molar-refractivity contribution in [3.05, 3.63) is 51.0 Å². The number of rotatable bonds is 3. The molecule has 0 aliphatic rings. The summed E-state index contributed by atoms with van der Waals surface area (Å²) >= 11 is 14.9. The van der Waals surface area contributed by atoms with Crippen molar-refractivity contribution in [1.29, 1.82) is 0 Å². The van der Waals surface area contributed by atoms with Gasteiger partial charge in [0.05, 0.1) is 10.0 Å². The van der Waals surface area contributed by atoms with Crippen molar-refractivity contribution in [3.63, 3.8) is 0 Å². The van der Waals surface area contributed by atoms with E-state index in [1.165, 1.54) is 30.5 Å². The SMILES string of the molecule is O=S(=O)(Nc1cc(Br)ccn1)c1cccc(Cl)c1Cl. The van der Waals surface area contributed by atoms with Gasteiger partial charge in [0.25, 0.3) is 10.0 Å². The van der Waals surface area contributed by atoms with Gasteiger partial charge in [0.15, 0.2) is 0 Å². The fourth-order valence-corrected chi connectivity index (χ4v) is 3.44. The molecule has 2 rings (SSSR count). The lowest BCUT2D eigenvalue weighted by Gasteiger charge is -2.09. The number of anilines is 1. The molecule has 0 unspecified atom stereocenters. The van der Waals surface area contributed by atoms with Crippen LogP contribution in [0.4, 0.5) is 5.82 Å². The summed E-state index contributed by atoms with van der Waals surface area (Å²) in [5.74, 6) is 0.186. The first-order chi connectivity index (χ1) is 8.90. The summed E-state index contributed by atoms with van der Waals surface area (Å²) in [6.45, 7) is 0. The highest BCUT2D eigenvalue weighted by atomic mass is 79.9. The van der Waals surface area contributed by atoms with E-state index in [0.29, 0.717) is 4.47 Å². The van der Waals surface area contributed by atoms with Crippen molar-refractivity contribution in [2.24, 2.45) is 0 Å². The van der Waals surface area contributed by atoms with E-state index in [-0.39, 0.29) is 20.8 Å². The number of sulfonamides is 1. The maximum absolute atomic E-state index is 12.2. The highest BCUT2D eigenvalue weighted by Gasteiger charge is 2.20. The molecule has 0 atom stereocenters. The summed E-state index contributed by atoms with van der Waals surface area (Å²) in [6, 6.07) is 7.62. The molecule has 1 aromatic carbocycles. The Morgan fingerprint density at radius 3 is 2.63 bits per heavy atom. The van der Waals surface area contributed by atoms with Crippen LogP contribution in [0.25, 0.3) is 0 Å². The monoisotopic (exact) mass is 380 g/mol. The number of pyridine rings is 1. The van der Waals surface area contributed by atoms with Crippen molar-refractivity contribution < 1.29 is 8.42 Å². The van der Waals surface area contributed by atoms with Crippen molar-refractivity contribution in [1.82, 2.24) is 4.98 Å². The van der Waals surface area contributed by atoms with Crippen molar-refractivity contribution in [2.75, 3.05) is 4.72 Å².